The maximum atomic E-state index is 8.41. The molecule has 2 aliphatic carbocycles. The van der Waals surface area contributed by atoms with Gasteiger partial charge in [0, 0.05) is 10.7 Å². The average Bonchev–Trinajstić information content (AvgIpc) is 3.16. The van der Waals surface area contributed by atoms with E-state index in [2.05, 4.69) is 43.8 Å². The minimum atomic E-state index is -1.10. The molecular formula is C18H28BBr2NO2. The predicted molar refractivity (Wildman–Crippen MR) is 107 cm³/mol. The SMILES string of the molecule is Brc1cnc(Br)c2c1CC1(CCCC1)C2.CCCCCCB(O)O. The molecule has 1 aromatic heterocycles. The average molecular weight is 461 g/mol. The van der Waals surface area contributed by atoms with Gasteiger partial charge in [-0.2, -0.15) is 0 Å². The number of unbranched alkanes of at least 4 members (excludes halogenated alkanes) is 3. The van der Waals surface area contributed by atoms with Gasteiger partial charge in [-0.1, -0.05) is 45.4 Å². The highest BCUT2D eigenvalue weighted by Crippen LogP contribution is 2.51. The lowest BCUT2D eigenvalue weighted by Gasteiger charge is -2.21. The molecular weight excluding hydrogens is 433 g/mol. The number of aromatic nitrogens is 1. The Kier molecular flexibility index (Phi) is 8.25. The minimum absolute atomic E-state index is 0.528. The molecule has 2 N–H and O–H groups in total. The molecule has 1 heterocycles. The van der Waals surface area contributed by atoms with E-state index in [4.69, 9.17) is 10.0 Å². The van der Waals surface area contributed by atoms with Gasteiger partial charge in [-0.05, 0) is 80.4 Å². The second-order valence-corrected chi connectivity index (χ2v) is 8.85. The zero-order valence-electron chi connectivity index (χ0n) is 14.5. The first-order valence-corrected chi connectivity index (χ1v) is 10.7. The van der Waals surface area contributed by atoms with Crippen molar-refractivity contribution in [2.24, 2.45) is 5.41 Å². The molecule has 3 rings (SSSR count). The van der Waals surface area contributed by atoms with E-state index in [1.807, 2.05) is 6.20 Å². The van der Waals surface area contributed by atoms with Crippen molar-refractivity contribution in [2.75, 3.05) is 0 Å². The summed E-state index contributed by atoms with van der Waals surface area (Å²) < 4.78 is 2.26. The summed E-state index contributed by atoms with van der Waals surface area (Å²) in [5.74, 6) is 0. The molecule has 0 atom stereocenters. The fourth-order valence-corrected chi connectivity index (χ4v) is 4.92. The first-order valence-electron chi connectivity index (χ1n) is 9.15. The Balaban J connectivity index is 0.000000202. The number of fused-ring (bicyclic) bond motifs is 1. The molecule has 1 aromatic rings. The van der Waals surface area contributed by atoms with Gasteiger partial charge < -0.3 is 10.0 Å². The molecule has 0 saturated heterocycles. The van der Waals surface area contributed by atoms with Crippen molar-refractivity contribution in [1.29, 1.82) is 0 Å². The number of pyridine rings is 1. The summed E-state index contributed by atoms with van der Waals surface area (Å²) in [4.78, 5) is 4.37. The summed E-state index contributed by atoms with van der Waals surface area (Å²) in [5.41, 5.74) is 3.53. The van der Waals surface area contributed by atoms with Crippen LogP contribution < -0.4 is 0 Å². The maximum absolute atomic E-state index is 8.41. The Morgan fingerprint density at radius 1 is 1.08 bits per heavy atom. The Hall–Kier alpha value is 0.0949. The monoisotopic (exact) mass is 459 g/mol. The molecule has 0 radical (unpaired) electrons. The van der Waals surface area contributed by atoms with Crippen LogP contribution in [0.1, 0.15) is 69.4 Å². The maximum Gasteiger partial charge on any atom is 0.451 e. The summed E-state index contributed by atoms with van der Waals surface area (Å²) in [5, 5.41) is 16.8. The third kappa shape index (κ3) is 5.55. The van der Waals surface area contributed by atoms with Crippen LogP contribution in [0.3, 0.4) is 0 Å². The smallest absolute Gasteiger partial charge is 0.427 e. The molecule has 0 amide bonds. The number of halogens is 2. The third-order valence-corrected chi connectivity index (χ3v) is 6.64. The highest BCUT2D eigenvalue weighted by molar-refractivity contribution is 9.11. The van der Waals surface area contributed by atoms with Crippen molar-refractivity contribution in [3.63, 3.8) is 0 Å². The van der Waals surface area contributed by atoms with Gasteiger partial charge in [0.25, 0.3) is 0 Å². The lowest BCUT2D eigenvalue weighted by Crippen LogP contribution is -2.15. The second kappa shape index (κ2) is 9.70. The summed E-state index contributed by atoms with van der Waals surface area (Å²) in [6.45, 7) is 2.13. The topological polar surface area (TPSA) is 53.4 Å². The molecule has 1 fully saturated rings. The van der Waals surface area contributed by atoms with E-state index in [-0.39, 0.29) is 0 Å². The first kappa shape index (κ1) is 20.4. The molecule has 6 heteroatoms. The van der Waals surface area contributed by atoms with Gasteiger partial charge in [0.05, 0.1) is 0 Å². The Labute approximate surface area is 163 Å². The van der Waals surface area contributed by atoms with E-state index in [9.17, 15) is 0 Å². The predicted octanol–water partition coefficient (Wildman–Crippen LogP) is 5.31. The van der Waals surface area contributed by atoms with Crippen LogP contribution in [-0.2, 0) is 12.8 Å². The molecule has 0 aliphatic heterocycles. The van der Waals surface area contributed by atoms with E-state index in [1.54, 1.807) is 0 Å². The van der Waals surface area contributed by atoms with Crippen LogP contribution >= 0.6 is 31.9 Å². The molecule has 2 aliphatic rings. The van der Waals surface area contributed by atoms with Crippen molar-refractivity contribution < 1.29 is 10.0 Å². The lowest BCUT2D eigenvalue weighted by molar-refractivity contribution is 0.317. The van der Waals surface area contributed by atoms with Gasteiger partial charge in [-0.15, -0.1) is 0 Å². The third-order valence-electron chi connectivity index (χ3n) is 5.28. The standard InChI is InChI=1S/C12H13Br2N.C6H15BO2/c13-10-7-15-11(14)9-6-12(5-8(9)10)3-1-2-4-12;1-2-3-4-5-6-7(8)9/h7H,1-6H2;8-9H,2-6H2,1H3. The van der Waals surface area contributed by atoms with Crippen LogP contribution in [0.4, 0.5) is 0 Å². The summed E-state index contributed by atoms with van der Waals surface area (Å²) in [6, 6.07) is 0. The van der Waals surface area contributed by atoms with Crippen molar-refractivity contribution in [2.45, 2.75) is 77.5 Å². The number of nitrogens with zero attached hydrogens (tertiary/aromatic N) is 1. The molecule has 134 valence electrons. The number of rotatable bonds is 5. The van der Waals surface area contributed by atoms with Crippen molar-refractivity contribution in [1.82, 2.24) is 4.98 Å². The highest BCUT2D eigenvalue weighted by atomic mass is 79.9. The van der Waals surface area contributed by atoms with E-state index < -0.39 is 7.12 Å². The minimum Gasteiger partial charge on any atom is -0.427 e. The molecule has 3 nitrogen and oxygen atoms in total. The van der Waals surface area contributed by atoms with Gasteiger partial charge in [0.15, 0.2) is 0 Å². The summed E-state index contributed by atoms with van der Waals surface area (Å²) >= 11 is 7.21. The molecule has 0 unspecified atom stereocenters. The summed E-state index contributed by atoms with van der Waals surface area (Å²) in [7, 11) is -1.10. The Bertz CT molecular complexity index is 501. The van der Waals surface area contributed by atoms with Crippen molar-refractivity contribution >= 4 is 39.0 Å². The first-order chi connectivity index (χ1) is 11.5. The van der Waals surface area contributed by atoms with Crippen LogP contribution in [0, 0.1) is 5.41 Å². The Morgan fingerprint density at radius 3 is 2.33 bits per heavy atom. The second-order valence-electron chi connectivity index (χ2n) is 7.24. The quantitative estimate of drug-likeness (QED) is 0.356. The molecule has 1 spiro atoms. The number of hydrogen-bond donors (Lipinski definition) is 2. The van der Waals surface area contributed by atoms with Gasteiger partial charge in [-0.3, -0.25) is 0 Å². The largest absolute Gasteiger partial charge is 0.451 e. The zero-order chi connectivity index (χ0) is 17.6. The van der Waals surface area contributed by atoms with E-state index >= 15 is 0 Å². The van der Waals surface area contributed by atoms with Crippen LogP contribution in [0.25, 0.3) is 0 Å². The lowest BCUT2D eigenvalue weighted by atomic mass is 9.83. The van der Waals surface area contributed by atoms with Crippen LogP contribution in [0.15, 0.2) is 15.3 Å². The molecule has 1 saturated carbocycles. The fraction of sp³-hybridized carbons (Fsp3) is 0.722. The van der Waals surface area contributed by atoms with Crippen LogP contribution in [0.5, 0.6) is 0 Å². The highest BCUT2D eigenvalue weighted by Gasteiger charge is 2.41. The zero-order valence-corrected chi connectivity index (χ0v) is 17.7. The van der Waals surface area contributed by atoms with E-state index in [1.165, 1.54) is 67.0 Å². The number of hydrogen-bond acceptors (Lipinski definition) is 3. The van der Waals surface area contributed by atoms with Crippen LogP contribution in [-0.4, -0.2) is 22.2 Å². The molecule has 24 heavy (non-hydrogen) atoms. The van der Waals surface area contributed by atoms with Gasteiger partial charge in [-0.25, -0.2) is 4.98 Å². The normalized spacial score (nSPS) is 17.5. The van der Waals surface area contributed by atoms with E-state index in [0.29, 0.717) is 11.7 Å². The van der Waals surface area contributed by atoms with Crippen LogP contribution in [0.2, 0.25) is 6.32 Å². The van der Waals surface area contributed by atoms with Gasteiger partial charge in [0.2, 0.25) is 0 Å². The Morgan fingerprint density at radius 2 is 1.75 bits per heavy atom. The van der Waals surface area contributed by atoms with Crippen molar-refractivity contribution in [3.05, 3.63) is 26.4 Å². The van der Waals surface area contributed by atoms with Gasteiger partial charge >= 0.3 is 7.12 Å². The molecule has 0 bridgehead atoms. The van der Waals surface area contributed by atoms with E-state index in [0.717, 1.165) is 17.4 Å². The fourth-order valence-electron chi connectivity index (χ4n) is 3.95. The molecule has 0 aromatic carbocycles. The van der Waals surface area contributed by atoms with Gasteiger partial charge in [0.1, 0.15) is 4.60 Å². The summed E-state index contributed by atoms with van der Waals surface area (Å²) in [6.07, 6.45) is 15.0. The van der Waals surface area contributed by atoms with Crippen molar-refractivity contribution in [3.8, 4) is 0 Å².